The third kappa shape index (κ3) is 5.54. The zero-order valence-corrected chi connectivity index (χ0v) is 17.4. The summed E-state index contributed by atoms with van der Waals surface area (Å²) in [5.74, 6) is 0.856. The highest BCUT2D eigenvalue weighted by Crippen LogP contribution is 2.24. The van der Waals surface area contributed by atoms with Crippen LogP contribution in [0.15, 0.2) is 59.8 Å². The maximum Gasteiger partial charge on any atom is 0.244 e. The van der Waals surface area contributed by atoms with Crippen molar-refractivity contribution in [1.82, 2.24) is 20.1 Å². The molecular formula is C22H23FN4OS. The van der Waals surface area contributed by atoms with E-state index in [4.69, 9.17) is 0 Å². The number of carbonyl (C=O) groups excluding carboxylic acids is 1. The SMILES string of the molecule is Cc1ccccc1CSc1nnc([C@@H](C)NC(=O)/C=C/c2cccc(F)c2)n1C. The van der Waals surface area contributed by atoms with Crippen LogP contribution in [0.25, 0.3) is 6.08 Å². The van der Waals surface area contributed by atoms with Gasteiger partial charge in [-0.25, -0.2) is 4.39 Å². The fraction of sp³-hybridized carbons (Fsp3) is 0.227. The fourth-order valence-electron chi connectivity index (χ4n) is 2.85. The molecule has 29 heavy (non-hydrogen) atoms. The lowest BCUT2D eigenvalue weighted by Crippen LogP contribution is -2.26. The Morgan fingerprint density at radius 3 is 2.79 bits per heavy atom. The van der Waals surface area contributed by atoms with Crippen molar-refractivity contribution in [2.45, 2.75) is 30.8 Å². The summed E-state index contributed by atoms with van der Waals surface area (Å²) < 4.78 is 15.1. The molecule has 3 rings (SSSR count). The number of hydrogen-bond donors (Lipinski definition) is 1. The van der Waals surface area contributed by atoms with Gasteiger partial charge in [0.1, 0.15) is 5.82 Å². The van der Waals surface area contributed by atoms with Crippen LogP contribution in [0, 0.1) is 12.7 Å². The van der Waals surface area contributed by atoms with Crippen LogP contribution in [0.3, 0.4) is 0 Å². The van der Waals surface area contributed by atoms with E-state index in [1.807, 2.05) is 30.7 Å². The van der Waals surface area contributed by atoms with Gasteiger partial charge in [0.2, 0.25) is 5.91 Å². The number of nitrogens with zero attached hydrogens (tertiary/aromatic N) is 3. The molecule has 2 aromatic carbocycles. The third-order valence-electron chi connectivity index (χ3n) is 4.51. The van der Waals surface area contributed by atoms with Gasteiger partial charge in [-0.15, -0.1) is 10.2 Å². The van der Waals surface area contributed by atoms with E-state index in [1.165, 1.54) is 29.3 Å². The molecule has 0 radical (unpaired) electrons. The van der Waals surface area contributed by atoms with Crippen LogP contribution in [-0.4, -0.2) is 20.7 Å². The lowest BCUT2D eigenvalue weighted by molar-refractivity contribution is -0.117. The summed E-state index contributed by atoms with van der Waals surface area (Å²) in [4.78, 5) is 12.2. The summed E-state index contributed by atoms with van der Waals surface area (Å²) in [6, 6.07) is 14.0. The first-order valence-electron chi connectivity index (χ1n) is 9.25. The van der Waals surface area contributed by atoms with Crippen molar-refractivity contribution < 1.29 is 9.18 Å². The van der Waals surface area contributed by atoms with E-state index in [0.29, 0.717) is 11.4 Å². The molecule has 1 N–H and O–H groups in total. The highest BCUT2D eigenvalue weighted by molar-refractivity contribution is 7.98. The van der Waals surface area contributed by atoms with E-state index in [-0.39, 0.29) is 17.8 Å². The number of thioether (sulfide) groups is 1. The summed E-state index contributed by atoms with van der Waals surface area (Å²) >= 11 is 1.61. The second-order valence-electron chi connectivity index (χ2n) is 6.73. The molecule has 1 aromatic heterocycles. The van der Waals surface area contributed by atoms with Crippen LogP contribution in [-0.2, 0) is 17.6 Å². The molecule has 0 aliphatic rings. The molecule has 0 unspecified atom stereocenters. The lowest BCUT2D eigenvalue weighted by Gasteiger charge is -2.12. The van der Waals surface area contributed by atoms with Gasteiger partial charge in [0, 0.05) is 18.9 Å². The second kappa shape index (κ2) is 9.52. The highest BCUT2D eigenvalue weighted by Gasteiger charge is 2.17. The molecule has 1 amide bonds. The summed E-state index contributed by atoms with van der Waals surface area (Å²) in [6.07, 6.45) is 2.96. The quantitative estimate of drug-likeness (QED) is 0.462. The summed E-state index contributed by atoms with van der Waals surface area (Å²) in [5, 5.41) is 12.2. The van der Waals surface area contributed by atoms with Gasteiger partial charge in [-0.3, -0.25) is 4.79 Å². The molecule has 3 aromatic rings. The Hall–Kier alpha value is -2.93. The van der Waals surface area contributed by atoms with Crippen LogP contribution in [0.5, 0.6) is 0 Å². The molecule has 0 aliphatic heterocycles. The van der Waals surface area contributed by atoms with Gasteiger partial charge >= 0.3 is 0 Å². The normalized spacial score (nSPS) is 12.3. The molecule has 0 bridgehead atoms. The van der Waals surface area contributed by atoms with Gasteiger partial charge in [0.15, 0.2) is 11.0 Å². The maximum atomic E-state index is 13.2. The molecule has 7 heteroatoms. The first-order chi connectivity index (χ1) is 13.9. The van der Waals surface area contributed by atoms with E-state index < -0.39 is 0 Å². The number of halogens is 1. The molecule has 0 aliphatic carbocycles. The molecular weight excluding hydrogens is 387 g/mol. The number of carbonyl (C=O) groups is 1. The minimum Gasteiger partial charge on any atom is -0.343 e. The molecule has 1 atom stereocenters. The van der Waals surface area contributed by atoms with Crippen molar-refractivity contribution in [2.24, 2.45) is 7.05 Å². The predicted octanol–water partition coefficient (Wildman–Crippen LogP) is 4.45. The predicted molar refractivity (Wildman–Crippen MR) is 114 cm³/mol. The molecule has 0 spiro atoms. The average molecular weight is 411 g/mol. The molecule has 0 fully saturated rings. The first kappa shape index (κ1) is 20.8. The zero-order valence-electron chi connectivity index (χ0n) is 16.6. The van der Waals surface area contributed by atoms with Crippen molar-refractivity contribution in [3.8, 4) is 0 Å². The number of benzene rings is 2. The van der Waals surface area contributed by atoms with Crippen molar-refractivity contribution in [3.05, 3.63) is 82.9 Å². The lowest BCUT2D eigenvalue weighted by atomic mass is 10.1. The monoisotopic (exact) mass is 410 g/mol. The Morgan fingerprint density at radius 1 is 1.24 bits per heavy atom. The Morgan fingerprint density at radius 2 is 2.03 bits per heavy atom. The van der Waals surface area contributed by atoms with Crippen LogP contribution in [0.1, 0.15) is 35.5 Å². The maximum absolute atomic E-state index is 13.2. The average Bonchev–Trinajstić information content (AvgIpc) is 3.06. The van der Waals surface area contributed by atoms with E-state index in [9.17, 15) is 9.18 Å². The summed E-state index contributed by atoms with van der Waals surface area (Å²) in [6.45, 7) is 3.95. The molecule has 0 saturated carbocycles. The van der Waals surface area contributed by atoms with E-state index in [0.717, 1.165) is 10.9 Å². The van der Waals surface area contributed by atoms with Crippen molar-refractivity contribution in [3.63, 3.8) is 0 Å². The van der Waals surface area contributed by atoms with E-state index in [1.54, 1.807) is 30.0 Å². The highest BCUT2D eigenvalue weighted by atomic mass is 32.2. The number of nitrogens with one attached hydrogen (secondary N) is 1. The molecule has 0 saturated heterocycles. The van der Waals surface area contributed by atoms with Gasteiger partial charge < -0.3 is 9.88 Å². The van der Waals surface area contributed by atoms with Crippen molar-refractivity contribution in [1.29, 1.82) is 0 Å². The Kier molecular flexibility index (Phi) is 6.82. The van der Waals surface area contributed by atoms with Gasteiger partial charge in [-0.1, -0.05) is 48.2 Å². The van der Waals surface area contributed by atoms with Gasteiger partial charge in [-0.2, -0.15) is 0 Å². The number of hydrogen-bond acceptors (Lipinski definition) is 4. The largest absolute Gasteiger partial charge is 0.343 e. The van der Waals surface area contributed by atoms with Crippen LogP contribution >= 0.6 is 11.8 Å². The standard InChI is InChI=1S/C22H23FN4OS/c1-15-7-4-5-9-18(15)14-29-22-26-25-21(27(22)3)16(2)24-20(28)12-11-17-8-6-10-19(23)13-17/h4-13,16H,14H2,1-3H3,(H,24,28)/b12-11+/t16-/m1/s1. The molecule has 5 nitrogen and oxygen atoms in total. The zero-order chi connectivity index (χ0) is 20.8. The third-order valence-corrected chi connectivity index (χ3v) is 5.58. The second-order valence-corrected chi connectivity index (χ2v) is 7.68. The van der Waals surface area contributed by atoms with Gasteiger partial charge in [-0.05, 0) is 48.7 Å². The fourth-order valence-corrected chi connectivity index (χ4v) is 3.85. The number of aryl methyl sites for hydroxylation is 1. The Bertz CT molecular complexity index is 1030. The number of aromatic nitrogens is 3. The number of amides is 1. The van der Waals surface area contributed by atoms with Gasteiger partial charge in [0.05, 0.1) is 6.04 Å². The van der Waals surface area contributed by atoms with Crippen molar-refractivity contribution >= 4 is 23.7 Å². The van der Waals surface area contributed by atoms with Crippen LogP contribution < -0.4 is 5.32 Å². The van der Waals surface area contributed by atoms with Crippen LogP contribution in [0.4, 0.5) is 4.39 Å². The molecule has 1 heterocycles. The van der Waals surface area contributed by atoms with E-state index >= 15 is 0 Å². The molecule has 150 valence electrons. The Labute approximate surface area is 174 Å². The minimum atomic E-state index is -0.337. The first-order valence-corrected chi connectivity index (χ1v) is 10.2. The minimum absolute atomic E-state index is 0.279. The number of rotatable bonds is 7. The summed E-state index contributed by atoms with van der Waals surface area (Å²) in [7, 11) is 1.89. The van der Waals surface area contributed by atoms with Gasteiger partial charge in [0.25, 0.3) is 0 Å². The Balaban J connectivity index is 1.60. The van der Waals surface area contributed by atoms with Crippen molar-refractivity contribution in [2.75, 3.05) is 0 Å². The summed E-state index contributed by atoms with van der Waals surface area (Å²) in [5.41, 5.74) is 3.13. The van der Waals surface area contributed by atoms with Crippen LogP contribution in [0.2, 0.25) is 0 Å². The topological polar surface area (TPSA) is 59.8 Å². The smallest absolute Gasteiger partial charge is 0.244 e. The van der Waals surface area contributed by atoms with E-state index in [2.05, 4.69) is 34.6 Å².